The molecule has 1 saturated heterocycles. The number of amides is 2. The minimum atomic E-state index is -0.241. The molecule has 1 aliphatic rings. The van der Waals surface area contributed by atoms with E-state index in [1.165, 1.54) is 0 Å². The van der Waals surface area contributed by atoms with Crippen molar-refractivity contribution in [1.29, 1.82) is 5.26 Å². The van der Waals surface area contributed by atoms with Crippen molar-refractivity contribution in [2.45, 2.75) is 24.9 Å². The molecule has 0 radical (unpaired) electrons. The van der Waals surface area contributed by atoms with E-state index >= 15 is 0 Å². The molecule has 2 amide bonds. The molecule has 0 aliphatic carbocycles. The van der Waals surface area contributed by atoms with Crippen LogP contribution in [0.2, 0.25) is 0 Å². The molecule has 1 fully saturated rings. The van der Waals surface area contributed by atoms with Crippen LogP contribution in [0.3, 0.4) is 0 Å². The van der Waals surface area contributed by atoms with Crippen molar-refractivity contribution < 1.29 is 9.59 Å². The molecule has 120 valence electrons. The van der Waals surface area contributed by atoms with Gasteiger partial charge < -0.3 is 10.6 Å². The number of benzene rings is 2. The summed E-state index contributed by atoms with van der Waals surface area (Å²) < 4.78 is 0. The number of hydrogen-bond donors (Lipinski definition) is 2. The van der Waals surface area contributed by atoms with Gasteiger partial charge in [-0.2, -0.15) is 5.26 Å². The van der Waals surface area contributed by atoms with E-state index < -0.39 is 0 Å². The lowest BCUT2D eigenvalue weighted by atomic mass is 9.91. The molecule has 2 aromatic rings. The van der Waals surface area contributed by atoms with Gasteiger partial charge in [-0.05, 0) is 36.2 Å². The summed E-state index contributed by atoms with van der Waals surface area (Å²) >= 11 is 0. The maximum atomic E-state index is 12.5. The second-order valence-electron chi connectivity index (χ2n) is 5.76. The van der Waals surface area contributed by atoms with Gasteiger partial charge in [-0.25, -0.2) is 0 Å². The standard InChI is InChI=1S/C19H17N3O2/c20-12-13-6-8-15(9-7-13)19(24)21-16-10-11-17(23)22-18(16)14-4-2-1-3-5-14/h1-9,16,18H,10-11H2,(H,21,24)(H,22,23)/t16-,18-/m1/s1. The van der Waals surface area contributed by atoms with E-state index in [0.717, 1.165) is 5.56 Å². The molecule has 0 bridgehead atoms. The number of rotatable bonds is 3. The largest absolute Gasteiger partial charge is 0.347 e. The summed E-state index contributed by atoms with van der Waals surface area (Å²) in [5, 5.41) is 14.8. The summed E-state index contributed by atoms with van der Waals surface area (Å²) in [4.78, 5) is 24.2. The topological polar surface area (TPSA) is 82.0 Å². The molecule has 0 unspecified atom stereocenters. The fourth-order valence-electron chi connectivity index (χ4n) is 2.88. The first kappa shape index (κ1) is 15.8. The Balaban J connectivity index is 1.77. The first-order valence-corrected chi connectivity index (χ1v) is 7.83. The third kappa shape index (κ3) is 3.44. The third-order valence-electron chi connectivity index (χ3n) is 4.15. The summed E-state index contributed by atoms with van der Waals surface area (Å²) in [6, 6.07) is 17.7. The van der Waals surface area contributed by atoms with Crippen LogP contribution in [0.1, 0.15) is 40.4 Å². The van der Waals surface area contributed by atoms with Gasteiger partial charge in [-0.15, -0.1) is 0 Å². The van der Waals surface area contributed by atoms with E-state index in [-0.39, 0.29) is 23.9 Å². The van der Waals surface area contributed by atoms with E-state index in [0.29, 0.717) is 24.0 Å². The predicted molar refractivity (Wildman–Crippen MR) is 89.0 cm³/mol. The van der Waals surface area contributed by atoms with E-state index in [4.69, 9.17) is 5.26 Å². The third-order valence-corrected chi connectivity index (χ3v) is 4.15. The van der Waals surface area contributed by atoms with Gasteiger partial charge >= 0.3 is 0 Å². The van der Waals surface area contributed by atoms with Gasteiger partial charge in [0.1, 0.15) is 0 Å². The molecule has 5 nitrogen and oxygen atoms in total. The van der Waals surface area contributed by atoms with Crippen LogP contribution in [-0.4, -0.2) is 17.9 Å². The van der Waals surface area contributed by atoms with E-state index in [1.54, 1.807) is 24.3 Å². The maximum absolute atomic E-state index is 12.5. The van der Waals surface area contributed by atoms with Gasteiger partial charge in [-0.1, -0.05) is 30.3 Å². The van der Waals surface area contributed by atoms with Crippen LogP contribution in [0.25, 0.3) is 0 Å². The normalized spacial score (nSPS) is 19.9. The predicted octanol–water partition coefficient (Wildman–Crippen LogP) is 2.31. The molecule has 2 aromatic carbocycles. The van der Waals surface area contributed by atoms with Crippen molar-refractivity contribution in [3.8, 4) is 6.07 Å². The number of nitrogens with one attached hydrogen (secondary N) is 2. The maximum Gasteiger partial charge on any atom is 0.251 e. The van der Waals surface area contributed by atoms with Gasteiger partial charge in [0, 0.05) is 12.0 Å². The zero-order valence-electron chi connectivity index (χ0n) is 13.0. The molecule has 0 saturated carbocycles. The summed E-state index contributed by atoms with van der Waals surface area (Å²) in [7, 11) is 0. The molecule has 0 spiro atoms. The molecule has 2 atom stereocenters. The van der Waals surface area contributed by atoms with Gasteiger partial charge in [0.05, 0.1) is 23.7 Å². The highest BCUT2D eigenvalue weighted by molar-refractivity contribution is 5.94. The molecule has 24 heavy (non-hydrogen) atoms. The average Bonchev–Trinajstić information content (AvgIpc) is 2.64. The monoisotopic (exact) mass is 319 g/mol. The second kappa shape index (κ2) is 6.97. The summed E-state index contributed by atoms with van der Waals surface area (Å²) in [5.41, 5.74) is 1.98. The highest BCUT2D eigenvalue weighted by Gasteiger charge is 2.31. The summed E-state index contributed by atoms with van der Waals surface area (Å²) in [6.45, 7) is 0. The minimum Gasteiger partial charge on any atom is -0.347 e. The van der Waals surface area contributed by atoms with E-state index in [9.17, 15) is 9.59 Å². The number of nitriles is 1. The van der Waals surface area contributed by atoms with Crippen molar-refractivity contribution in [2.75, 3.05) is 0 Å². The Bertz CT molecular complexity index is 779. The summed E-state index contributed by atoms with van der Waals surface area (Å²) in [5.74, 6) is -0.214. The molecule has 1 heterocycles. The van der Waals surface area contributed by atoms with Crippen LogP contribution < -0.4 is 10.6 Å². The Morgan fingerprint density at radius 3 is 2.50 bits per heavy atom. The van der Waals surface area contributed by atoms with Crippen molar-refractivity contribution in [3.63, 3.8) is 0 Å². The molecular formula is C19H17N3O2. The van der Waals surface area contributed by atoms with Gasteiger partial charge in [0.15, 0.2) is 0 Å². The van der Waals surface area contributed by atoms with Gasteiger partial charge in [-0.3, -0.25) is 9.59 Å². The molecular weight excluding hydrogens is 302 g/mol. The lowest BCUT2D eigenvalue weighted by molar-refractivity contribution is -0.123. The Morgan fingerprint density at radius 2 is 1.83 bits per heavy atom. The summed E-state index contributed by atoms with van der Waals surface area (Å²) in [6.07, 6.45) is 0.981. The van der Waals surface area contributed by atoms with Crippen LogP contribution in [0.15, 0.2) is 54.6 Å². The van der Waals surface area contributed by atoms with E-state index in [1.807, 2.05) is 36.4 Å². The van der Waals surface area contributed by atoms with E-state index in [2.05, 4.69) is 10.6 Å². The number of hydrogen-bond acceptors (Lipinski definition) is 3. The SMILES string of the molecule is N#Cc1ccc(C(=O)N[C@@H]2CCC(=O)N[C@@H]2c2ccccc2)cc1. The Morgan fingerprint density at radius 1 is 1.12 bits per heavy atom. The zero-order chi connectivity index (χ0) is 16.9. The highest BCUT2D eigenvalue weighted by Crippen LogP contribution is 2.24. The molecule has 0 aromatic heterocycles. The van der Waals surface area contributed by atoms with Crippen LogP contribution in [0.5, 0.6) is 0 Å². The quantitative estimate of drug-likeness (QED) is 0.911. The zero-order valence-corrected chi connectivity index (χ0v) is 13.0. The van der Waals surface area contributed by atoms with Crippen LogP contribution >= 0.6 is 0 Å². The average molecular weight is 319 g/mol. The van der Waals surface area contributed by atoms with Crippen LogP contribution in [-0.2, 0) is 4.79 Å². The highest BCUT2D eigenvalue weighted by atomic mass is 16.2. The fraction of sp³-hybridized carbons (Fsp3) is 0.211. The molecule has 2 N–H and O–H groups in total. The second-order valence-corrected chi connectivity index (χ2v) is 5.76. The van der Waals surface area contributed by atoms with Crippen LogP contribution in [0, 0.1) is 11.3 Å². The van der Waals surface area contributed by atoms with Crippen molar-refractivity contribution in [1.82, 2.24) is 10.6 Å². The minimum absolute atomic E-state index is 0.00674. The fourth-order valence-corrected chi connectivity index (χ4v) is 2.88. The Hall–Kier alpha value is -3.13. The number of nitrogens with zero attached hydrogens (tertiary/aromatic N) is 1. The van der Waals surface area contributed by atoms with Crippen molar-refractivity contribution >= 4 is 11.8 Å². The van der Waals surface area contributed by atoms with Gasteiger partial charge in [0.2, 0.25) is 5.91 Å². The molecule has 5 heteroatoms. The van der Waals surface area contributed by atoms with Crippen molar-refractivity contribution in [3.05, 3.63) is 71.3 Å². The number of carbonyl (C=O) groups excluding carboxylic acids is 2. The Kier molecular flexibility index (Phi) is 4.57. The van der Waals surface area contributed by atoms with Crippen LogP contribution in [0.4, 0.5) is 0 Å². The number of piperidine rings is 1. The molecule has 1 aliphatic heterocycles. The lowest BCUT2D eigenvalue weighted by Crippen LogP contribution is -2.50. The number of carbonyl (C=O) groups is 2. The first-order chi connectivity index (χ1) is 11.7. The smallest absolute Gasteiger partial charge is 0.251 e. The molecule has 3 rings (SSSR count). The van der Waals surface area contributed by atoms with Crippen molar-refractivity contribution in [2.24, 2.45) is 0 Å². The first-order valence-electron chi connectivity index (χ1n) is 7.83. The van der Waals surface area contributed by atoms with Gasteiger partial charge in [0.25, 0.3) is 5.91 Å². The lowest BCUT2D eigenvalue weighted by Gasteiger charge is -2.33. The Labute approximate surface area is 140 Å².